The van der Waals surface area contributed by atoms with Crippen molar-refractivity contribution in [3.8, 4) is 0 Å². The van der Waals surface area contributed by atoms with Gasteiger partial charge in [0.25, 0.3) is 0 Å². The van der Waals surface area contributed by atoms with Crippen molar-refractivity contribution in [1.82, 2.24) is 14.9 Å². The van der Waals surface area contributed by atoms with Crippen LogP contribution in [0.3, 0.4) is 0 Å². The predicted octanol–water partition coefficient (Wildman–Crippen LogP) is -0.258. The lowest BCUT2D eigenvalue weighted by atomic mass is 10.0. The number of aromatic amines is 1. The Balaban J connectivity index is 2.03. The second-order valence-corrected chi connectivity index (χ2v) is 4.71. The lowest BCUT2D eigenvalue weighted by Crippen LogP contribution is -2.55. The van der Waals surface area contributed by atoms with E-state index in [1.165, 1.54) is 0 Å². The van der Waals surface area contributed by atoms with E-state index in [4.69, 9.17) is 4.74 Å². The molecule has 3 atom stereocenters. The number of H-pyrrole nitrogens is 1. The van der Waals surface area contributed by atoms with E-state index in [-0.39, 0.29) is 12.6 Å². The Labute approximate surface area is 107 Å². The van der Waals surface area contributed by atoms with E-state index in [1.54, 1.807) is 12.5 Å². The lowest BCUT2D eigenvalue weighted by molar-refractivity contribution is -0.134. The molecule has 0 spiro atoms. The Kier molecular flexibility index (Phi) is 4.71. The first-order valence-electron chi connectivity index (χ1n) is 6.37. The summed E-state index contributed by atoms with van der Waals surface area (Å²) < 4.78 is 5.33. The van der Waals surface area contributed by atoms with Crippen molar-refractivity contribution in [2.45, 2.75) is 38.1 Å². The summed E-state index contributed by atoms with van der Waals surface area (Å²) in [6, 6.07) is -0.169. The first kappa shape index (κ1) is 13.5. The number of nitrogens with zero attached hydrogens (tertiary/aromatic N) is 2. The molecule has 0 aliphatic carbocycles. The SMILES string of the molecule is CCCN(Cc1cnc[nH]1)[C@@H]1COC[C@@H](O)[C@H]1O. The highest BCUT2D eigenvalue weighted by Gasteiger charge is 2.35. The smallest absolute Gasteiger partial charge is 0.105 e. The van der Waals surface area contributed by atoms with Crippen molar-refractivity contribution in [2.24, 2.45) is 0 Å². The minimum atomic E-state index is -0.801. The lowest BCUT2D eigenvalue weighted by Gasteiger charge is -2.39. The van der Waals surface area contributed by atoms with Crippen LogP contribution in [0.4, 0.5) is 0 Å². The number of aliphatic hydroxyl groups excluding tert-OH is 2. The monoisotopic (exact) mass is 255 g/mol. The third-order valence-corrected chi connectivity index (χ3v) is 3.27. The van der Waals surface area contributed by atoms with Crippen LogP contribution in [0.5, 0.6) is 0 Å². The third-order valence-electron chi connectivity index (χ3n) is 3.27. The van der Waals surface area contributed by atoms with Crippen molar-refractivity contribution in [3.05, 3.63) is 18.2 Å². The molecular formula is C12H21N3O3. The summed E-state index contributed by atoms with van der Waals surface area (Å²) in [4.78, 5) is 9.17. The zero-order chi connectivity index (χ0) is 13.0. The van der Waals surface area contributed by atoms with Crippen LogP contribution >= 0.6 is 0 Å². The molecule has 1 aliphatic rings. The summed E-state index contributed by atoms with van der Waals surface area (Å²) in [7, 11) is 0. The Morgan fingerprint density at radius 3 is 3.00 bits per heavy atom. The maximum Gasteiger partial charge on any atom is 0.105 e. The first-order chi connectivity index (χ1) is 8.72. The number of hydrogen-bond acceptors (Lipinski definition) is 5. The molecule has 0 unspecified atom stereocenters. The number of nitrogens with one attached hydrogen (secondary N) is 1. The topological polar surface area (TPSA) is 81.6 Å². The van der Waals surface area contributed by atoms with Crippen LogP contribution in [0.2, 0.25) is 0 Å². The van der Waals surface area contributed by atoms with Crippen LogP contribution in [0.25, 0.3) is 0 Å². The Bertz CT molecular complexity index is 344. The van der Waals surface area contributed by atoms with Crippen LogP contribution in [-0.4, -0.2) is 63.1 Å². The maximum absolute atomic E-state index is 10.1. The van der Waals surface area contributed by atoms with Gasteiger partial charge in [-0.25, -0.2) is 4.98 Å². The molecule has 6 heteroatoms. The summed E-state index contributed by atoms with van der Waals surface area (Å²) >= 11 is 0. The molecule has 0 aromatic carbocycles. The summed E-state index contributed by atoms with van der Waals surface area (Å²) in [6.45, 7) is 4.27. The van der Waals surface area contributed by atoms with Gasteiger partial charge in [0.2, 0.25) is 0 Å². The number of hydrogen-bond donors (Lipinski definition) is 3. The van der Waals surface area contributed by atoms with E-state index in [9.17, 15) is 10.2 Å². The van der Waals surface area contributed by atoms with Gasteiger partial charge in [-0.15, -0.1) is 0 Å². The largest absolute Gasteiger partial charge is 0.389 e. The van der Waals surface area contributed by atoms with Gasteiger partial charge in [0, 0.05) is 18.4 Å². The summed E-state index contributed by atoms with van der Waals surface area (Å²) in [6.07, 6.45) is 2.84. The van der Waals surface area contributed by atoms with Gasteiger partial charge < -0.3 is 19.9 Å². The van der Waals surface area contributed by atoms with Gasteiger partial charge in [-0.05, 0) is 13.0 Å². The third kappa shape index (κ3) is 3.08. The first-order valence-corrected chi connectivity index (χ1v) is 6.37. The molecular weight excluding hydrogens is 234 g/mol. The molecule has 0 radical (unpaired) electrons. The molecule has 18 heavy (non-hydrogen) atoms. The van der Waals surface area contributed by atoms with E-state index < -0.39 is 12.2 Å². The predicted molar refractivity (Wildman–Crippen MR) is 65.9 cm³/mol. The second kappa shape index (κ2) is 6.29. The average molecular weight is 255 g/mol. The van der Waals surface area contributed by atoms with Gasteiger partial charge in [-0.2, -0.15) is 0 Å². The van der Waals surface area contributed by atoms with E-state index >= 15 is 0 Å². The van der Waals surface area contributed by atoms with Gasteiger partial charge in [0.05, 0.1) is 31.7 Å². The molecule has 6 nitrogen and oxygen atoms in total. The second-order valence-electron chi connectivity index (χ2n) is 4.71. The van der Waals surface area contributed by atoms with Crippen molar-refractivity contribution < 1.29 is 14.9 Å². The van der Waals surface area contributed by atoms with E-state index in [0.29, 0.717) is 13.2 Å². The fourth-order valence-corrected chi connectivity index (χ4v) is 2.32. The summed E-state index contributed by atoms with van der Waals surface area (Å²) in [5, 5.41) is 19.7. The van der Waals surface area contributed by atoms with Gasteiger partial charge >= 0.3 is 0 Å². The number of ether oxygens (including phenoxy) is 1. The number of imidazole rings is 1. The van der Waals surface area contributed by atoms with Crippen LogP contribution in [0.1, 0.15) is 19.0 Å². The van der Waals surface area contributed by atoms with Gasteiger partial charge in [-0.1, -0.05) is 6.92 Å². The van der Waals surface area contributed by atoms with Crippen molar-refractivity contribution >= 4 is 0 Å². The minimum Gasteiger partial charge on any atom is -0.389 e. The number of aliphatic hydroxyl groups is 2. The molecule has 1 aromatic heterocycles. The molecule has 2 rings (SSSR count). The molecule has 0 bridgehead atoms. The van der Waals surface area contributed by atoms with Crippen LogP contribution in [-0.2, 0) is 11.3 Å². The minimum absolute atomic E-state index is 0.169. The summed E-state index contributed by atoms with van der Waals surface area (Å²) in [5.41, 5.74) is 0.996. The Morgan fingerprint density at radius 2 is 2.33 bits per heavy atom. The molecule has 2 heterocycles. The van der Waals surface area contributed by atoms with E-state index in [2.05, 4.69) is 21.8 Å². The Morgan fingerprint density at radius 1 is 1.50 bits per heavy atom. The Hall–Kier alpha value is -0.950. The van der Waals surface area contributed by atoms with Gasteiger partial charge in [0.1, 0.15) is 6.10 Å². The van der Waals surface area contributed by atoms with Crippen LogP contribution in [0.15, 0.2) is 12.5 Å². The van der Waals surface area contributed by atoms with Crippen molar-refractivity contribution in [3.63, 3.8) is 0 Å². The molecule has 1 saturated heterocycles. The van der Waals surface area contributed by atoms with E-state index in [1.807, 2.05) is 0 Å². The molecule has 0 amide bonds. The number of aromatic nitrogens is 2. The van der Waals surface area contributed by atoms with Gasteiger partial charge in [-0.3, -0.25) is 4.90 Å². The highest BCUT2D eigenvalue weighted by Crippen LogP contribution is 2.17. The quantitative estimate of drug-likeness (QED) is 0.675. The average Bonchev–Trinajstić information content (AvgIpc) is 2.85. The summed E-state index contributed by atoms with van der Waals surface area (Å²) in [5.74, 6) is 0. The van der Waals surface area contributed by atoms with Crippen molar-refractivity contribution in [1.29, 1.82) is 0 Å². The molecule has 1 aromatic rings. The molecule has 0 saturated carbocycles. The fourth-order valence-electron chi connectivity index (χ4n) is 2.32. The van der Waals surface area contributed by atoms with Gasteiger partial charge in [0.15, 0.2) is 0 Å². The zero-order valence-electron chi connectivity index (χ0n) is 10.6. The van der Waals surface area contributed by atoms with Crippen LogP contribution in [0, 0.1) is 0 Å². The number of rotatable bonds is 5. The standard InChI is InChI=1S/C12H21N3O3/c1-2-3-15(5-9-4-13-8-14-9)10-6-18-7-11(16)12(10)17/h4,8,10-12,16-17H,2-3,5-7H2,1H3,(H,13,14)/t10-,11-,12+/m1/s1. The van der Waals surface area contributed by atoms with Crippen LogP contribution < -0.4 is 0 Å². The highest BCUT2D eigenvalue weighted by molar-refractivity contribution is 4.97. The molecule has 1 aliphatic heterocycles. The molecule has 102 valence electrons. The maximum atomic E-state index is 10.1. The molecule has 3 N–H and O–H groups in total. The van der Waals surface area contributed by atoms with E-state index in [0.717, 1.165) is 18.7 Å². The molecule has 1 fully saturated rings. The zero-order valence-corrected chi connectivity index (χ0v) is 10.6. The fraction of sp³-hybridized carbons (Fsp3) is 0.750. The van der Waals surface area contributed by atoms with Crippen molar-refractivity contribution in [2.75, 3.05) is 19.8 Å². The highest BCUT2D eigenvalue weighted by atomic mass is 16.5. The normalized spacial score (nSPS) is 28.8.